The Morgan fingerprint density at radius 1 is 1.23 bits per heavy atom. The van der Waals surface area contributed by atoms with Gasteiger partial charge in [-0.05, 0) is 25.0 Å². The van der Waals surface area contributed by atoms with Crippen LogP contribution in [0.2, 0.25) is 0 Å². The minimum atomic E-state index is 0.00662. The number of furan rings is 1. The number of hydrogen-bond acceptors (Lipinski definition) is 5. The third-order valence-corrected chi connectivity index (χ3v) is 4.87. The number of carbonyl (C=O) groups is 1. The number of carbonyl (C=O) groups excluding carboxylic acids is 1. The van der Waals surface area contributed by atoms with Gasteiger partial charge in [-0.25, -0.2) is 0 Å². The molecule has 0 aliphatic carbocycles. The van der Waals surface area contributed by atoms with E-state index in [9.17, 15) is 4.79 Å². The first-order valence-corrected chi connectivity index (χ1v) is 9.58. The summed E-state index contributed by atoms with van der Waals surface area (Å²) in [6.45, 7) is 5.26. The van der Waals surface area contributed by atoms with Crippen molar-refractivity contribution in [1.82, 2.24) is 20.1 Å². The van der Waals surface area contributed by atoms with Crippen LogP contribution in [0.3, 0.4) is 0 Å². The molecule has 2 heterocycles. The topological polar surface area (TPSA) is 73.0 Å². The van der Waals surface area contributed by atoms with Gasteiger partial charge in [0, 0.05) is 6.54 Å². The van der Waals surface area contributed by atoms with E-state index in [1.54, 1.807) is 6.26 Å². The second-order valence-corrected chi connectivity index (χ2v) is 6.85. The van der Waals surface area contributed by atoms with Gasteiger partial charge in [-0.15, -0.1) is 10.2 Å². The molecule has 136 valence electrons. The Labute approximate surface area is 157 Å². The zero-order valence-electron chi connectivity index (χ0n) is 14.9. The van der Waals surface area contributed by atoms with Crippen LogP contribution in [-0.2, 0) is 11.3 Å². The van der Waals surface area contributed by atoms with Crippen LogP contribution in [0.1, 0.15) is 24.7 Å². The number of rotatable bonds is 8. The molecular formula is C19H22N4O2S. The molecule has 0 unspecified atom stereocenters. The fourth-order valence-electron chi connectivity index (χ4n) is 2.57. The Hall–Kier alpha value is -2.54. The van der Waals surface area contributed by atoms with E-state index in [1.165, 1.54) is 11.8 Å². The van der Waals surface area contributed by atoms with Gasteiger partial charge in [0.2, 0.25) is 5.91 Å². The summed E-state index contributed by atoms with van der Waals surface area (Å²) in [5, 5.41) is 12.3. The molecule has 0 aliphatic rings. The van der Waals surface area contributed by atoms with Gasteiger partial charge in [-0.3, -0.25) is 9.36 Å². The predicted molar refractivity (Wildman–Crippen MR) is 102 cm³/mol. The van der Waals surface area contributed by atoms with Crippen molar-refractivity contribution in [3.63, 3.8) is 0 Å². The minimum Gasteiger partial charge on any atom is -0.469 e. The molecule has 0 radical (unpaired) electrons. The molecule has 3 rings (SSSR count). The zero-order chi connectivity index (χ0) is 18.4. The molecule has 0 saturated heterocycles. The monoisotopic (exact) mass is 370 g/mol. The lowest BCUT2D eigenvalue weighted by atomic mass is 10.2. The van der Waals surface area contributed by atoms with Crippen LogP contribution in [0.5, 0.6) is 0 Å². The van der Waals surface area contributed by atoms with Crippen LogP contribution in [0.25, 0.3) is 11.4 Å². The third kappa shape index (κ3) is 4.35. The van der Waals surface area contributed by atoms with Gasteiger partial charge < -0.3 is 9.73 Å². The summed E-state index contributed by atoms with van der Waals surface area (Å²) in [5.74, 6) is 1.87. The van der Waals surface area contributed by atoms with Gasteiger partial charge in [0.15, 0.2) is 11.0 Å². The number of aromatic nitrogens is 3. The molecule has 0 aliphatic heterocycles. The normalized spacial score (nSPS) is 10.8. The summed E-state index contributed by atoms with van der Waals surface area (Å²) in [6, 6.07) is 12.0. The molecular weight excluding hydrogens is 348 g/mol. The number of hydrogen-bond donors (Lipinski definition) is 1. The van der Waals surface area contributed by atoms with Crippen LogP contribution in [-0.4, -0.2) is 33.0 Å². The molecule has 0 fully saturated rings. The van der Waals surface area contributed by atoms with Crippen LogP contribution in [0.15, 0.2) is 52.2 Å². The molecule has 2 aromatic heterocycles. The number of benzene rings is 1. The average Bonchev–Trinajstić information content (AvgIpc) is 3.25. The van der Waals surface area contributed by atoms with E-state index in [2.05, 4.69) is 27.6 Å². The van der Waals surface area contributed by atoms with Crippen molar-refractivity contribution in [2.75, 3.05) is 12.3 Å². The van der Waals surface area contributed by atoms with Crippen molar-refractivity contribution in [2.45, 2.75) is 32.0 Å². The summed E-state index contributed by atoms with van der Waals surface area (Å²) in [4.78, 5) is 11.9. The Morgan fingerprint density at radius 3 is 2.73 bits per heavy atom. The summed E-state index contributed by atoms with van der Waals surface area (Å²) in [5.41, 5.74) is 2.06. The number of nitrogens with zero attached hydrogens (tertiary/aromatic N) is 3. The molecule has 7 heteroatoms. The second-order valence-electron chi connectivity index (χ2n) is 5.91. The van der Waals surface area contributed by atoms with E-state index >= 15 is 0 Å². The van der Waals surface area contributed by atoms with E-state index in [-0.39, 0.29) is 5.91 Å². The Kier molecular flexibility index (Phi) is 6.12. The summed E-state index contributed by atoms with van der Waals surface area (Å²) in [7, 11) is 0. The SMILES string of the molecule is CCCNC(=O)CSc1nnc(-c2ccoc2C)n1Cc1ccccc1. The second kappa shape index (κ2) is 8.71. The standard InChI is InChI=1S/C19H22N4O2S/c1-3-10-20-17(24)13-26-19-22-21-18(16-9-11-25-14(16)2)23(19)12-15-7-5-4-6-8-15/h4-9,11H,3,10,12-13H2,1-2H3,(H,20,24). The molecule has 0 atom stereocenters. The van der Waals surface area contributed by atoms with Crippen LogP contribution in [0.4, 0.5) is 0 Å². The largest absolute Gasteiger partial charge is 0.469 e. The lowest BCUT2D eigenvalue weighted by Crippen LogP contribution is -2.25. The summed E-state index contributed by atoms with van der Waals surface area (Å²) < 4.78 is 7.46. The quantitative estimate of drug-likeness (QED) is 0.614. The van der Waals surface area contributed by atoms with Gasteiger partial charge >= 0.3 is 0 Å². The van der Waals surface area contributed by atoms with Crippen molar-refractivity contribution in [2.24, 2.45) is 0 Å². The van der Waals surface area contributed by atoms with E-state index in [4.69, 9.17) is 4.42 Å². The maximum absolute atomic E-state index is 11.9. The van der Waals surface area contributed by atoms with Crippen LogP contribution < -0.4 is 5.32 Å². The predicted octanol–water partition coefficient (Wildman–Crippen LogP) is 3.51. The van der Waals surface area contributed by atoms with Crippen LogP contribution in [0, 0.1) is 6.92 Å². The lowest BCUT2D eigenvalue weighted by Gasteiger charge is -2.10. The van der Waals surface area contributed by atoms with Crippen molar-refractivity contribution in [1.29, 1.82) is 0 Å². The Morgan fingerprint density at radius 2 is 2.04 bits per heavy atom. The van der Waals surface area contributed by atoms with Crippen LogP contribution >= 0.6 is 11.8 Å². The average molecular weight is 370 g/mol. The van der Waals surface area contributed by atoms with E-state index in [1.807, 2.05) is 42.7 Å². The van der Waals surface area contributed by atoms with Crippen molar-refractivity contribution >= 4 is 17.7 Å². The van der Waals surface area contributed by atoms with E-state index in [0.29, 0.717) is 18.8 Å². The number of nitrogens with one attached hydrogen (secondary N) is 1. The van der Waals surface area contributed by atoms with E-state index < -0.39 is 0 Å². The first kappa shape index (κ1) is 18.3. The highest BCUT2D eigenvalue weighted by Crippen LogP contribution is 2.27. The molecule has 0 saturated carbocycles. The smallest absolute Gasteiger partial charge is 0.230 e. The maximum Gasteiger partial charge on any atom is 0.230 e. The molecule has 0 spiro atoms. The molecule has 1 aromatic carbocycles. The highest BCUT2D eigenvalue weighted by atomic mass is 32.2. The first-order chi connectivity index (χ1) is 12.7. The third-order valence-electron chi connectivity index (χ3n) is 3.90. The van der Waals surface area contributed by atoms with Gasteiger partial charge in [-0.1, -0.05) is 49.0 Å². The zero-order valence-corrected chi connectivity index (χ0v) is 15.8. The van der Waals surface area contributed by atoms with Gasteiger partial charge in [0.25, 0.3) is 0 Å². The molecule has 26 heavy (non-hydrogen) atoms. The summed E-state index contributed by atoms with van der Waals surface area (Å²) >= 11 is 1.40. The Bertz CT molecular complexity index is 858. The fraction of sp³-hybridized carbons (Fsp3) is 0.316. The fourth-order valence-corrected chi connectivity index (χ4v) is 3.33. The number of thioether (sulfide) groups is 1. The highest BCUT2D eigenvalue weighted by Gasteiger charge is 2.18. The van der Waals surface area contributed by atoms with Gasteiger partial charge in [0.1, 0.15) is 5.76 Å². The van der Waals surface area contributed by atoms with E-state index in [0.717, 1.165) is 34.3 Å². The van der Waals surface area contributed by atoms with Crippen molar-refractivity contribution < 1.29 is 9.21 Å². The van der Waals surface area contributed by atoms with Gasteiger partial charge in [0.05, 0.1) is 24.1 Å². The first-order valence-electron chi connectivity index (χ1n) is 8.60. The minimum absolute atomic E-state index is 0.00662. The van der Waals surface area contributed by atoms with Gasteiger partial charge in [-0.2, -0.15) is 0 Å². The molecule has 1 N–H and O–H groups in total. The molecule has 3 aromatic rings. The molecule has 0 bridgehead atoms. The van der Waals surface area contributed by atoms with Crippen molar-refractivity contribution in [3.05, 3.63) is 54.0 Å². The number of aryl methyl sites for hydroxylation is 1. The maximum atomic E-state index is 11.9. The number of amides is 1. The van der Waals surface area contributed by atoms with Crippen molar-refractivity contribution in [3.8, 4) is 11.4 Å². The lowest BCUT2D eigenvalue weighted by molar-refractivity contribution is -0.118. The highest BCUT2D eigenvalue weighted by molar-refractivity contribution is 7.99. The Balaban J connectivity index is 1.85. The summed E-state index contributed by atoms with van der Waals surface area (Å²) in [6.07, 6.45) is 2.57. The molecule has 6 nitrogen and oxygen atoms in total. The molecule has 1 amide bonds.